The van der Waals surface area contributed by atoms with Gasteiger partial charge in [0, 0.05) is 23.6 Å². The van der Waals surface area contributed by atoms with Gasteiger partial charge >= 0.3 is 0 Å². The molecule has 16 heavy (non-hydrogen) atoms. The number of hydrogen-bond acceptors (Lipinski definition) is 3. The summed E-state index contributed by atoms with van der Waals surface area (Å²) in [4.78, 5) is 4.21. The number of halogens is 2. The molecule has 0 aliphatic carbocycles. The normalized spacial score (nSPS) is 10.4. The van der Waals surface area contributed by atoms with Crippen molar-refractivity contribution >= 4 is 16.5 Å². The van der Waals surface area contributed by atoms with Crippen LogP contribution in [0.3, 0.4) is 0 Å². The van der Waals surface area contributed by atoms with Gasteiger partial charge in [0.2, 0.25) is 0 Å². The van der Waals surface area contributed by atoms with Crippen LogP contribution in [-0.2, 0) is 0 Å². The summed E-state index contributed by atoms with van der Waals surface area (Å²) in [7, 11) is 0. The van der Waals surface area contributed by atoms with Crippen molar-refractivity contribution in [1.29, 1.82) is 0 Å². The first-order valence-corrected chi connectivity index (χ1v) is 5.73. The Morgan fingerprint density at radius 1 is 1.38 bits per heavy atom. The molecule has 0 atom stereocenters. The van der Waals surface area contributed by atoms with Gasteiger partial charge in [-0.2, -0.15) is 0 Å². The SMILES string of the molecule is CCNc1nc(-c2ccc(F)cc2F)cs1. The van der Waals surface area contributed by atoms with Gasteiger partial charge in [0.25, 0.3) is 0 Å². The first-order valence-electron chi connectivity index (χ1n) is 4.85. The zero-order valence-electron chi connectivity index (χ0n) is 8.63. The van der Waals surface area contributed by atoms with Crippen molar-refractivity contribution in [3.8, 4) is 11.3 Å². The maximum Gasteiger partial charge on any atom is 0.183 e. The van der Waals surface area contributed by atoms with E-state index in [1.54, 1.807) is 5.38 Å². The van der Waals surface area contributed by atoms with Crippen LogP contribution >= 0.6 is 11.3 Å². The van der Waals surface area contributed by atoms with Crippen molar-refractivity contribution in [2.24, 2.45) is 0 Å². The van der Waals surface area contributed by atoms with Gasteiger partial charge in [-0.3, -0.25) is 0 Å². The molecule has 0 saturated heterocycles. The average molecular weight is 240 g/mol. The summed E-state index contributed by atoms with van der Waals surface area (Å²) in [5, 5.41) is 5.52. The topological polar surface area (TPSA) is 24.9 Å². The predicted molar refractivity (Wildman–Crippen MR) is 61.6 cm³/mol. The molecule has 0 aliphatic rings. The lowest BCUT2D eigenvalue weighted by atomic mass is 10.1. The van der Waals surface area contributed by atoms with E-state index < -0.39 is 11.6 Å². The van der Waals surface area contributed by atoms with Crippen LogP contribution in [0.25, 0.3) is 11.3 Å². The minimum Gasteiger partial charge on any atom is -0.362 e. The molecule has 2 aromatic rings. The molecular weight excluding hydrogens is 230 g/mol. The van der Waals surface area contributed by atoms with Gasteiger partial charge in [-0.15, -0.1) is 11.3 Å². The molecule has 0 spiro atoms. The van der Waals surface area contributed by atoms with Crippen LogP contribution in [0.2, 0.25) is 0 Å². The Balaban J connectivity index is 2.35. The maximum atomic E-state index is 13.4. The fraction of sp³-hybridized carbons (Fsp3) is 0.182. The molecule has 0 fully saturated rings. The molecule has 1 aromatic carbocycles. The molecule has 2 rings (SSSR count). The van der Waals surface area contributed by atoms with Crippen LogP contribution in [0.5, 0.6) is 0 Å². The number of hydrogen-bond donors (Lipinski definition) is 1. The lowest BCUT2D eigenvalue weighted by Gasteiger charge is -1.99. The summed E-state index contributed by atoms with van der Waals surface area (Å²) in [6.45, 7) is 2.72. The molecule has 2 nitrogen and oxygen atoms in total. The van der Waals surface area contributed by atoms with Crippen molar-refractivity contribution in [3.05, 3.63) is 35.2 Å². The summed E-state index contributed by atoms with van der Waals surface area (Å²) < 4.78 is 26.2. The molecule has 0 radical (unpaired) electrons. The summed E-state index contributed by atoms with van der Waals surface area (Å²) in [6.07, 6.45) is 0. The first-order chi connectivity index (χ1) is 7.70. The highest BCUT2D eigenvalue weighted by Gasteiger charge is 2.09. The summed E-state index contributed by atoms with van der Waals surface area (Å²) in [5.74, 6) is -1.17. The molecular formula is C11H10F2N2S. The smallest absolute Gasteiger partial charge is 0.183 e. The fourth-order valence-electron chi connectivity index (χ4n) is 1.33. The standard InChI is InChI=1S/C11H10F2N2S/c1-2-14-11-15-10(6-16-11)8-4-3-7(12)5-9(8)13/h3-6H,2H2,1H3,(H,14,15). The van der Waals surface area contributed by atoms with Crippen molar-refractivity contribution in [2.75, 3.05) is 11.9 Å². The van der Waals surface area contributed by atoms with Gasteiger partial charge in [0.1, 0.15) is 11.6 Å². The minimum absolute atomic E-state index is 0.321. The van der Waals surface area contributed by atoms with E-state index in [-0.39, 0.29) is 0 Å². The Labute approximate surface area is 96.0 Å². The lowest BCUT2D eigenvalue weighted by molar-refractivity contribution is 0.585. The van der Waals surface area contributed by atoms with Crippen LogP contribution in [0.4, 0.5) is 13.9 Å². The Hall–Kier alpha value is -1.49. The van der Waals surface area contributed by atoms with Crippen molar-refractivity contribution < 1.29 is 8.78 Å². The predicted octanol–water partition coefficient (Wildman–Crippen LogP) is 3.52. The number of nitrogens with one attached hydrogen (secondary N) is 1. The number of anilines is 1. The van der Waals surface area contributed by atoms with E-state index in [1.807, 2.05) is 6.92 Å². The number of thiazole rings is 1. The first kappa shape index (κ1) is 11.0. The lowest BCUT2D eigenvalue weighted by Crippen LogP contribution is -1.95. The van der Waals surface area contributed by atoms with Gasteiger partial charge in [0.15, 0.2) is 5.13 Å². The summed E-state index contributed by atoms with van der Waals surface area (Å²) in [6, 6.07) is 3.49. The Morgan fingerprint density at radius 3 is 2.88 bits per heavy atom. The zero-order chi connectivity index (χ0) is 11.5. The van der Waals surface area contributed by atoms with Crippen molar-refractivity contribution in [3.63, 3.8) is 0 Å². The van der Waals surface area contributed by atoms with E-state index in [1.165, 1.54) is 23.5 Å². The van der Waals surface area contributed by atoms with Crippen LogP contribution in [-0.4, -0.2) is 11.5 Å². The molecule has 0 unspecified atom stereocenters. The highest BCUT2D eigenvalue weighted by Crippen LogP contribution is 2.27. The van der Waals surface area contributed by atoms with Crippen LogP contribution in [0, 0.1) is 11.6 Å². The molecule has 1 aromatic heterocycles. The average Bonchev–Trinajstić information content (AvgIpc) is 2.67. The Morgan fingerprint density at radius 2 is 2.19 bits per heavy atom. The summed E-state index contributed by atoms with van der Waals surface area (Å²) in [5.41, 5.74) is 0.847. The monoisotopic (exact) mass is 240 g/mol. The number of benzene rings is 1. The third-order valence-electron chi connectivity index (χ3n) is 2.04. The maximum absolute atomic E-state index is 13.4. The molecule has 0 saturated carbocycles. The van der Waals surface area contributed by atoms with E-state index in [0.717, 1.165) is 17.7 Å². The van der Waals surface area contributed by atoms with Gasteiger partial charge in [0.05, 0.1) is 5.69 Å². The number of rotatable bonds is 3. The second-order valence-electron chi connectivity index (χ2n) is 3.19. The molecule has 1 N–H and O–H groups in total. The van der Waals surface area contributed by atoms with Crippen LogP contribution < -0.4 is 5.32 Å². The van der Waals surface area contributed by atoms with E-state index in [2.05, 4.69) is 10.3 Å². The van der Waals surface area contributed by atoms with E-state index in [0.29, 0.717) is 11.3 Å². The van der Waals surface area contributed by atoms with Gasteiger partial charge in [-0.1, -0.05) is 0 Å². The van der Waals surface area contributed by atoms with E-state index in [4.69, 9.17) is 0 Å². The van der Waals surface area contributed by atoms with Crippen molar-refractivity contribution in [2.45, 2.75) is 6.92 Å². The molecule has 0 bridgehead atoms. The van der Waals surface area contributed by atoms with E-state index in [9.17, 15) is 8.78 Å². The molecule has 5 heteroatoms. The van der Waals surface area contributed by atoms with Gasteiger partial charge in [-0.25, -0.2) is 13.8 Å². The second kappa shape index (κ2) is 4.57. The molecule has 1 heterocycles. The fourth-order valence-corrected chi connectivity index (χ4v) is 2.11. The minimum atomic E-state index is -0.589. The highest BCUT2D eigenvalue weighted by molar-refractivity contribution is 7.14. The third kappa shape index (κ3) is 2.19. The van der Waals surface area contributed by atoms with Crippen LogP contribution in [0.15, 0.2) is 23.6 Å². The second-order valence-corrected chi connectivity index (χ2v) is 4.05. The molecule has 0 aliphatic heterocycles. The van der Waals surface area contributed by atoms with Gasteiger partial charge < -0.3 is 5.32 Å². The molecule has 0 amide bonds. The van der Waals surface area contributed by atoms with Crippen LogP contribution in [0.1, 0.15) is 6.92 Å². The quantitative estimate of drug-likeness (QED) is 0.887. The highest BCUT2D eigenvalue weighted by atomic mass is 32.1. The zero-order valence-corrected chi connectivity index (χ0v) is 9.44. The van der Waals surface area contributed by atoms with Gasteiger partial charge in [-0.05, 0) is 19.1 Å². The Kier molecular flexibility index (Phi) is 3.14. The molecule has 84 valence electrons. The number of nitrogens with zero attached hydrogens (tertiary/aromatic N) is 1. The largest absolute Gasteiger partial charge is 0.362 e. The van der Waals surface area contributed by atoms with E-state index >= 15 is 0 Å². The summed E-state index contributed by atoms with van der Waals surface area (Å²) >= 11 is 1.40. The Bertz CT molecular complexity index is 496. The number of aromatic nitrogens is 1. The third-order valence-corrected chi connectivity index (χ3v) is 2.84. The van der Waals surface area contributed by atoms with Crippen molar-refractivity contribution in [1.82, 2.24) is 4.98 Å².